The number of hydrogen-bond donors (Lipinski definition) is 2. The fraction of sp³-hybridized carbons (Fsp3) is 1.00. The van der Waals surface area contributed by atoms with Crippen molar-refractivity contribution < 1.29 is 5.11 Å². The van der Waals surface area contributed by atoms with Crippen LogP contribution in [0, 0.1) is 0 Å². The largest absolute Gasteiger partial charge is 0.396 e. The lowest BCUT2D eigenvalue weighted by Gasteiger charge is -2.37. The van der Waals surface area contributed by atoms with Gasteiger partial charge in [-0.05, 0) is 46.7 Å². The van der Waals surface area contributed by atoms with Crippen molar-refractivity contribution in [1.82, 2.24) is 10.2 Å². The minimum absolute atomic E-state index is 0.310. The molecule has 0 aromatic heterocycles. The van der Waals surface area contributed by atoms with Crippen molar-refractivity contribution in [3.05, 3.63) is 0 Å². The molecule has 0 radical (unpaired) electrons. The standard InChI is InChI=1S/C13H28N2O/c1-12(7-6-10-16)14-11-13(15(2)3)8-4-5-9-13/h12,14,16H,4-11H2,1-3H3. The first-order valence-corrected chi connectivity index (χ1v) is 6.62. The zero-order chi connectivity index (χ0) is 12.0. The average Bonchev–Trinajstić information content (AvgIpc) is 2.73. The van der Waals surface area contributed by atoms with Crippen LogP contribution in [-0.2, 0) is 0 Å². The van der Waals surface area contributed by atoms with Crippen molar-refractivity contribution in [1.29, 1.82) is 0 Å². The van der Waals surface area contributed by atoms with Crippen LogP contribution in [0.2, 0.25) is 0 Å². The fourth-order valence-electron chi connectivity index (χ4n) is 2.68. The van der Waals surface area contributed by atoms with Gasteiger partial charge in [-0.15, -0.1) is 0 Å². The lowest BCUT2D eigenvalue weighted by atomic mass is 9.95. The molecular formula is C13H28N2O. The van der Waals surface area contributed by atoms with Gasteiger partial charge in [0.15, 0.2) is 0 Å². The highest BCUT2D eigenvalue weighted by atomic mass is 16.2. The third kappa shape index (κ3) is 3.72. The molecule has 0 spiro atoms. The Bertz CT molecular complexity index is 188. The van der Waals surface area contributed by atoms with Crippen LogP contribution in [0.4, 0.5) is 0 Å². The van der Waals surface area contributed by atoms with Crippen LogP contribution < -0.4 is 5.32 Å². The molecule has 16 heavy (non-hydrogen) atoms. The Morgan fingerprint density at radius 3 is 2.44 bits per heavy atom. The molecule has 0 aromatic carbocycles. The number of nitrogens with zero attached hydrogens (tertiary/aromatic N) is 1. The molecule has 96 valence electrons. The Morgan fingerprint density at radius 1 is 1.31 bits per heavy atom. The van der Waals surface area contributed by atoms with Crippen LogP contribution in [0.25, 0.3) is 0 Å². The van der Waals surface area contributed by atoms with Gasteiger partial charge in [-0.25, -0.2) is 0 Å². The monoisotopic (exact) mass is 228 g/mol. The fourth-order valence-corrected chi connectivity index (χ4v) is 2.68. The highest BCUT2D eigenvalue weighted by Gasteiger charge is 2.35. The molecule has 1 aliphatic rings. The van der Waals surface area contributed by atoms with Crippen LogP contribution in [-0.4, -0.2) is 48.8 Å². The van der Waals surface area contributed by atoms with Gasteiger partial charge in [-0.2, -0.15) is 0 Å². The molecule has 1 fully saturated rings. The maximum absolute atomic E-state index is 8.80. The SMILES string of the molecule is CC(CCCO)NCC1(N(C)C)CCCC1. The number of aliphatic hydroxyl groups excluding tert-OH is 1. The van der Waals surface area contributed by atoms with Gasteiger partial charge in [0.05, 0.1) is 0 Å². The second kappa shape index (κ2) is 6.58. The van der Waals surface area contributed by atoms with Crippen molar-refractivity contribution in [2.75, 3.05) is 27.2 Å². The molecule has 1 saturated carbocycles. The van der Waals surface area contributed by atoms with Crippen LogP contribution in [0.15, 0.2) is 0 Å². The smallest absolute Gasteiger partial charge is 0.0431 e. The normalized spacial score (nSPS) is 21.6. The van der Waals surface area contributed by atoms with Crippen LogP contribution in [0.5, 0.6) is 0 Å². The van der Waals surface area contributed by atoms with Gasteiger partial charge in [0.1, 0.15) is 0 Å². The summed E-state index contributed by atoms with van der Waals surface area (Å²) >= 11 is 0. The van der Waals surface area contributed by atoms with Crippen LogP contribution in [0.3, 0.4) is 0 Å². The van der Waals surface area contributed by atoms with E-state index in [2.05, 4.69) is 31.2 Å². The predicted octanol–water partition coefficient (Wildman–Crippen LogP) is 1.61. The zero-order valence-corrected chi connectivity index (χ0v) is 11.1. The highest BCUT2D eigenvalue weighted by Crippen LogP contribution is 2.33. The molecule has 0 heterocycles. The van der Waals surface area contributed by atoms with Gasteiger partial charge in [0, 0.05) is 24.7 Å². The van der Waals surface area contributed by atoms with E-state index in [0.717, 1.165) is 19.4 Å². The van der Waals surface area contributed by atoms with Gasteiger partial charge in [0.25, 0.3) is 0 Å². The third-order valence-corrected chi connectivity index (χ3v) is 4.06. The lowest BCUT2D eigenvalue weighted by molar-refractivity contribution is 0.148. The number of likely N-dealkylation sites (N-methyl/N-ethyl adjacent to an activating group) is 1. The summed E-state index contributed by atoms with van der Waals surface area (Å²) in [6.45, 7) is 3.62. The second-order valence-electron chi connectivity index (χ2n) is 5.47. The summed E-state index contributed by atoms with van der Waals surface area (Å²) in [5, 5.41) is 12.4. The van der Waals surface area contributed by atoms with Crippen molar-refractivity contribution in [2.45, 2.75) is 57.0 Å². The molecule has 3 nitrogen and oxygen atoms in total. The molecule has 3 heteroatoms. The maximum atomic E-state index is 8.80. The van der Waals surface area contributed by atoms with Gasteiger partial charge >= 0.3 is 0 Å². The molecule has 1 atom stereocenters. The third-order valence-electron chi connectivity index (χ3n) is 4.06. The predicted molar refractivity (Wildman–Crippen MR) is 68.7 cm³/mol. The molecule has 0 amide bonds. The van der Waals surface area contributed by atoms with Crippen molar-refractivity contribution in [3.63, 3.8) is 0 Å². The van der Waals surface area contributed by atoms with Crippen molar-refractivity contribution in [2.24, 2.45) is 0 Å². The van der Waals surface area contributed by atoms with E-state index in [0.29, 0.717) is 18.2 Å². The van der Waals surface area contributed by atoms with E-state index in [1.54, 1.807) is 0 Å². The van der Waals surface area contributed by atoms with E-state index in [9.17, 15) is 0 Å². The van der Waals surface area contributed by atoms with E-state index in [1.807, 2.05) is 0 Å². The molecule has 1 aliphatic carbocycles. The molecule has 2 N–H and O–H groups in total. The van der Waals surface area contributed by atoms with E-state index in [-0.39, 0.29) is 0 Å². The molecule has 0 bridgehead atoms. The first-order valence-electron chi connectivity index (χ1n) is 6.62. The van der Waals surface area contributed by atoms with Gasteiger partial charge in [-0.1, -0.05) is 12.8 Å². The Labute approximate surface area is 100 Å². The Hall–Kier alpha value is -0.120. The molecular weight excluding hydrogens is 200 g/mol. The molecule has 0 aliphatic heterocycles. The Kier molecular flexibility index (Phi) is 5.73. The van der Waals surface area contributed by atoms with Gasteiger partial charge < -0.3 is 15.3 Å². The number of hydrogen-bond acceptors (Lipinski definition) is 3. The summed E-state index contributed by atoms with van der Waals surface area (Å²) in [5.41, 5.74) is 0.382. The number of nitrogens with one attached hydrogen (secondary N) is 1. The summed E-state index contributed by atoms with van der Waals surface area (Å²) in [5.74, 6) is 0. The first kappa shape index (κ1) is 13.9. The highest BCUT2D eigenvalue weighted by molar-refractivity contribution is 4.94. The van der Waals surface area contributed by atoms with Gasteiger partial charge in [0.2, 0.25) is 0 Å². The second-order valence-corrected chi connectivity index (χ2v) is 5.47. The zero-order valence-electron chi connectivity index (χ0n) is 11.1. The quantitative estimate of drug-likeness (QED) is 0.695. The number of aliphatic hydroxyl groups is 1. The average molecular weight is 228 g/mol. The van der Waals surface area contributed by atoms with E-state index in [1.165, 1.54) is 25.7 Å². The summed E-state index contributed by atoms with van der Waals surface area (Å²) in [6.07, 6.45) is 7.35. The first-order chi connectivity index (χ1) is 7.60. The van der Waals surface area contributed by atoms with Crippen LogP contribution >= 0.6 is 0 Å². The number of rotatable bonds is 7. The van der Waals surface area contributed by atoms with E-state index >= 15 is 0 Å². The lowest BCUT2D eigenvalue weighted by Crippen LogP contribution is -2.51. The van der Waals surface area contributed by atoms with E-state index in [4.69, 9.17) is 5.11 Å². The Morgan fingerprint density at radius 2 is 1.94 bits per heavy atom. The molecule has 0 saturated heterocycles. The maximum Gasteiger partial charge on any atom is 0.0431 e. The van der Waals surface area contributed by atoms with Crippen molar-refractivity contribution in [3.8, 4) is 0 Å². The van der Waals surface area contributed by atoms with Gasteiger partial charge in [-0.3, -0.25) is 0 Å². The molecule has 1 unspecified atom stereocenters. The Balaban J connectivity index is 2.33. The summed E-state index contributed by atoms with van der Waals surface area (Å²) in [6, 6.07) is 0.518. The van der Waals surface area contributed by atoms with Crippen molar-refractivity contribution >= 4 is 0 Å². The summed E-state index contributed by atoms with van der Waals surface area (Å²) < 4.78 is 0. The molecule has 0 aromatic rings. The van der Waals surface area contributed by atoms with E-state index < -0.39 is 0 Å². The summed E-state index contributed by atoms with van der Waals surface area (Å²) in [4.78, 5) is 2.39. The summed E-state index contributed by atoms with van der Waals surface area (Å²) in [7, 11) is 4.40. The topological polar surface area (TPSA) is 35.5 Å². The molecule has 1 rings (SSSR count). The minimum Gasteiger partial charge on any atom is -0.396 e. The minimum atomic E-state index is 0.310. The van der Waals surface area contributed by atoms with Crippen LogP contribution in [0.1, 0.15) is 45.4 Å².